The van der Waals surface area contributed by atoms with Gasteiger partial charge in [0.2, 0.25) is 5.89 Å². The minimum Gasteiger partial charge on any atom is -0.497 e. The van der Waals surface area contributed by atoms with E-state index < -0.39 is 0 Å². The Morgan fingerprint density at radius 3 is 2.42 bits per heavy atom. The lowest BCUT2D eigenvalue weighted by Crippen LogP contribution is -2.41. The van der Waals surface area contributed by atoms with Crippen LogP contribution in [0.3, 0.4) is 0 Å². The van der Waals surface area contributed by atoms with E-state index in [0.717, 1.165) is 37.0 Å². The van der Waals surface area contributed by atoms with Crippen LogP contribution >= 0.6 is 0 Å². The van der Waals surface area contributed by atoms with Gasteiger partial charge in [-0.2, -0.15) is 0 Å². The quantitative estimate of drug-likeness (QED) is 0.365. The van der Waals surface area contributed by atoms with Gasteiger partial charge in [0.05, 0.1) is 25.7 Å². The molecule has 0 saturated heterocycles. The van der Waals surface area contributed by atoms with Crippen molar-refractivity contribution in [3.05, 3.63) is 63.4 Å². The molecule has 3 heterocycles. The molecule has 0 amide bonds. The van der Waals surface area contributed by atoms with Crippen molar-refractivity contribution in [1.29, 1.82) is 0 Å². The normalized spacial score (nSPS) is 11.4. The van der Waals surface area contributed by atoms with Crippen molar-refractivity contribution in [3.63, 3.8) is 0 Å². The lowest BCUT2D eigenvalue weighted by atomic mass is 10.2. The summed E-state index contributed by atoms with van der Waals surface area (Å²) in [5.41, 5.74) is 1.45. The molecular weight excluding hydrogens is 422 g/mol. The monoisotopic (exact) mass is 451 g/mol. The Bertz CT molecular complexity index is 1340. The lowest BCUT2D eigenvalue weighted by molar-refractivity contribution is 0.415. The van der Waals surface area contributed by atoms with Crippen molar-refractivity contribution in [1.82, 2.24) is 23.7 Å². The van der Waals surface area contributed by atoms with Gasteiger partial charge in [0, 0.05) is 18.7 Å². The third-order valence-electron chi connectivity index (χ3n) is 5.68. The standard InChI is InChI=1S/C24H29N5O4/c1-4-6-12-27-16-25-21-20(27)23(30)29(24(31)28(21)13-7-5-2)14-18-15-33-22(26-18)17-8-10-19(32-3)11-9-17/h8-11,15-16H,4-7,12-14H2,1-3H3. The van der Waals surface area contributed by atoms with Gasteiger partial charge >= 0.3 is 5.69 Å². The van der Waals surface area contributed by atoms with Gasteiger partial charge in [-0.15, -0.1) is 0 Å². The predicted molar refractivity (Wildman–Crippen MR) is 126 cm³/mol. The number of aromatic nitrogens is 5. The number of unbranched alkanes of at least 4 members (excludes halogenated alkanes) is 2. The van der Waals surface area contributed by atoms with E-state index in [0.29, 0.717) is 35.8 Å². The highest BCUT2D eigenvalue weighted by atomic mass is 16.5. The molecule has 0 bridgehead atoms. The van der Waals surface area contributed by atoms with Crippen molar-refractivity contribution in [2.24, 2.45) is 0 Å². The van der Waals surface area contributed by atoms with Crippen LogP contribution in [0.4, 0.5) is 0 Å². The van der Waals surface area contributed by atoms with Gasteiger partial charge in [0.1, 0.15) is 12.0 Å². The van der Waals surface area contributed by atoms with Crippen molar-refractivity contribution in [2.45, 2.75) is 59.2 Å². The minimum atomic E-state index is -0.379. The van der Waals surface area contributed by atoms with Gasteiger partial charge in [0.25, 0.3) is 5.56 Å². The summed E-state index contributed by atoms with van der Waals surface area (Å²) < 4.78 is 15.5. The lowest BCUT2D eigenvalue weighted by Gasteiger charge is -2.11. The van der Waals surface area contributed by atoms with E-state index in [1.54, 1.807) is 18.0 Å². The first-order valence-electron chi connectivity index (χ1n) is 11.3. The Kier molecular flexibility index (Phi) is 6.76. The first-order chi connectivity index (χ1) is 16.1. The third-order valence-corrected chi connectivity index (χ3v) is 5.68. The van der Waals surface area contributed by atoms with Crippen LogP contribution in [-0.2, 0) is 19.6 Å². The Labute approximate surface area is 191 Å². The smallest absolute Gasteiger partial charge is 0.333 e. The summed E-state index contributed by atoms with van der Waals surface area (Å²) >= 11 is 0. The van der Waals surface area contributed by atoms with Gasteiger partial charge in [-0.3, -0.25) is 13.9 Å². The second-order valence-corrected chi connectivity index (χ2v) is 8.02. The average Bonchev–Trinajstić information content (AvgIpc) is 3.48. The average molecular weight is 452 g/mol. The number of methoxy groups -OCH3 is 1. The zero-order valence-corrected chi connectivity index (χ0v) is 19.3. The number of fused-ring (bicyclic) bond motifs is 1. The fourth-order valence-corrected chi connectivity index (χ4v) is 3.80. The number of nitrogens with zero attached hydrogens (tertiary/aromatic N) is 5. The molecule has 0 aliphatic rings. The zero-order chi connectivity index (χ0) is 23.4. The van der Waals surface area contributed by atoms with Gasteiger partial charge in [-0.1, -0.05) is 26.7 Å². The molecule has 0 atom stereocenters. The topological polar surface area (TPSA) is 97.1 Å². The highest BCUT2D eigenvalue weighted by molar-refractivity contribution is 5.70. The molecule has 0 radical (unpaired) electrons. The third kappa shape index (κ3) is 4.48. The molecule has 4 aromatic rings. The van der Waals surface area contributed by atoms with Crippen molar-refractivity contribution >= 4 is 11.2 Å². The van der Waals surface area contributed by atoms with E-state index in [1.807, 2.05) is 28.8 Å². The molecule has 0 aliphatic carbocycles. The molecule has 0 N–H and O–H groups in total. The molecule has 33 heavy (non-hydrogen) atoms. The Balaban J connectivity index is 1.74. The van der Waals surface area contributed by atoms with Crippen LogP contribution in [0.2, 0.25) is 0 Å². The molecule has 0 saturated carbocycles. The predicted octanol–water partition coefficient (Wildman–Crippen LogP) is 3.67. The molecule has 0 spiro atoms. The molecule has 174 valence electrons. The van der Waals surface area contributed by atoms with E-state index in [1.165, 1.54) is 10.8 Å². The molecule has 1 aromatic carbocycles. The summed E-state index contributed by atoms with van der Waals surface area (Å²) in [5.74, 6) is 1.15. The summed E-state index contributed by atoms with van der Waals surface area (Å²) in [4.78, 5) is 35.6. The van der Waals surface area contributed by atoms with Crippen LogP contribution in [0.1, 0.15) is 45.2 Å². The number of rotatable bonds is 10. The molecule has 9 heteroatoms. The zero-order valence-electron chi connectivity index (χ0n) is 19.3. The molecular formula is C24H29N5O4. The Hall–Kier alpha value is -3.62. The maximum absolute atomic E-state index is 13.4. The molecule has 0 aliphatic heterocycles. The molecule has 9 nitrogen and oxygen atoms in total. The fourth-order valence-electron chi connectivity index (χ4n) is 3.80. The summed E-state index contributed by atoms with van der Waals surface area (Å²) in [6.45, 7) is 5.37. The largest absolute Gasteiger partial charge is 0.497 e. The van der Waals surface area contributed by atoms with E-state index >= 15 is 0 Å². The first kappa shape index (κ1) is 22.6. The van der Waals surface area contributed by atoms with Crippen LogP contribution in [0.15, 0.2) is 50.9 Å². The fraction of sp³-hybridized carbons (Fsp3) is 0.417. The number of ether oxygens (including phenoxy) is 1. The van der Waals surface area contributed by atoms with Crippen LogP contribution < -0.4 is 16.0 Å². The number of imidazole rings is 1. The van der Waals surface area contributed by atoms with E-state index in [4.69, 9.17) is 9.15 Å². The molecule has 0 fully saturated rings. The number of hydrogen-bond donors (Lipinski definition) is 0. The Morgan fingerprint density at radius 1 is 1.00 bits per heavy atom. The first-order valence-corrected chi connectivity index (χ1v) is 11.3. The number of oxazole rings is 1. The van der Waals surface area contributed by atoms with Crippen molar-refractivity contribution in [2.75, 3.05) is 7.11 Å². The highest BCUT2D eigenvalue weighted by Gasteiger charge is 2.19. The van der Waals surface area contributed by atoms with Crippen LogP contribution in [0.25, 0.3) is 22.6 Å². The molecule has 0 unspecified atom stereocenters. The summed E-state index contributed by atoms with van der Waals surface area (Å²) in [5, 5.41) is 0. The number of benzene rings is 1. The van der Waals surface area contributed by atoms with Crippen molar-refractivity contribution < 1.29 is 9.15 Å². The van der Waals surface area contributed by atoms with Crippen LogP contribution in [0.5, 0.6) is 5.75 Å². The maximum Gasteiger partial charge on any atom is 0.333 e. The number of hydrogen-bond acceptors (Lipinski definition) is 6. The summed E-state index contributed by atoms with van der Waals surface area (Å²) in [7, 11) is 1.61. The van der Waals surface area contributed by atoms with Crippen LogP contribution in [0, 0.1) is 0 Å². The Morgan fingerprint density at radius 2 is 1.73 bits per heavy atom. The molecule has 3 aromatic heterocycles. The van der Waals surface area contributed by atoms with E-state index in [2.05, 4.69) is 23.8 Å². The van der Waals surface area contributed by atoms with Gasteiger partial charge in [-0.05, 0) is 37.1 Å². The van der Waals surface area contributed by atoms with Crippen molar-refractivity contribution in [3.8, 4) is 17.2 Å². The van der Waals surface area contributed by atoms with Gasteiger partial charge in [-0.25, -0.2) is 14.8 Å². The van der Waals surface area contributed by atoms with Gasteiger partial charge in [0.15, 0.2) is 11.2 Å². The highest BCUT2D eigenvalue weighted by Crippen LogP contribution is 2.22. The summed E-state index contributed by atoms with van der Waals surface area (Å²) in [6, 6.07) is 7.33. The SMILES string of the molecule is CCCCn1cnc2c1c(=O)n(Cc1coc(-c3ccc(OC)cc3)n1)c(=O)n2CCCC. The van der Waals surface area contributed by atoms with E-state index in [-0.39, 0.29) is 17.8 Å². The number of aryl methyl sites for hydroxylation is 2. The molecule has 4 rings (SSSR count). The second-order valence-electron chi connectivity index (χ2n) is 8.02. The van der Waals surface area contributed by atoms with Gasteiger partial charge < -0.3 is 13.7 Å². The van der Waals surface area contributed by atoms with E-state index in [9.17, 15) is 9.59 Å². The maximum atomic E-state index is 13.4. The summed E-state index contributed by atoms with van der Waals surface area (Å²) in [6.07, 6.45) is 6.81. The minimum absolute atomic E-state index is 0.0261. The van der Waals surface area contributed by atoms with Crippen LogP contribution in [-0.4, -0.2) is 30.8 Å². The second kappa shape index (κ2) is 9.89.